The van der Waals surface area contributed by atoms with Gasteiger partial charge in [0.25, 0.3) is 11.5 Å². The molecule has 4 aromatic rings. The highest BCUT2D eigenvalue weighted by Gasteiger charge is 2.35. The van der Waals surface area contributed by atoms with Crippen molar-refractivity contribution in [1.29, 1.82) is 0 Å². The average molecular weight is 630 g/mol. The number of carbonyl (C=O) groups excluding carboxylic acids is 2. The van der Waals surface area contributed by atoms with Crippen LogP contribution >= 0.6 is 22.7 Å². The van der Waals surface area contributed by atoms with Crippen LogP contribution in [0.2, 0.25) is 0 Å². The van der Waals surface area contributed by atoms with Gasteiger partial charge in [-0.3, -0.25) is 14.2 Å². The second-order valence-corrected chi connectivity index (χ2v) is 12.2. The molecule has 1 saturated heterocycles. The predicted octanol–water partition coefficient (Wildman–Crippen LogP) is 4.01. The van der Waals surface area contributed by atoms with E-state index in [1.54, 1.807) is 34.6 Å². The molecule has 0 radical (unpaired) electrons. The van der Waals surface area contributed by atoms with E-state index in [0.29, 0.717) is 37.7 Å². The SMILES string of the molecule is CCOC(=O)C1=C(c2ccccc2)N=c2s/c(=C/c3ccc(OCC(=O)N4CCCC4)c(OC)c3)c(=O)n2[C@H]1c1cccs1. The van der Waals surface area contributed by atoms with Crippen LogP contribution in [0, 0.1) is 0 Å². The number of hydrogen-bond donors (Lipinski definition) is 0. The van der Waals surface area contributed by atoms with Gasteiger partial charge in [-0.25, -0.2) is 9.79 Å². The first kappa shape index (κ1) is 29.6. The summed E-state index contributed by atoms with van der Waals surface area (Å²) in [5.74, 6) is 0.342. The molecule has 2 aromatic carbocycles. The minimum atomic E-state index is -0.693. The molecule has 0 bridgehead atoms. The monoisotopic (exact) mass is 629 g/mol. The summed E-state index contributed by atoms with van der Waals surface area (Å²) in [4.78, 5) is 48.0. The molecule has 6 rings (SSSR count). The van der Waals surface area contributed by atoms with Crippen molar-refractivity contribution in [1.82, 2.24) is 9.47 Å². The molecule has 2 aromatic heterocycles. The number of nitrogens with zero attached hydrogens (tertiary/aromatic N) is 3. The zero-order chi connectivity index (χ0) is 30.6. The largest absolute Gasteiger partial charge is 0.493 e. The number of aromatic nitrogens is 1. The number of amides is 1. The summed E-state index contributed by atoms with van der Waals surface area (Å²) in [6, 6.07) is 17.9. The summed E-state index contributed by atoms with van der Waals surface area (Å²) >= 11 is 2.72. The van der Waals surface area contributed by atoms with Crippen LogP contribution in [-0.2, 0) is 14.3 Å². The molecule has 0 spiro atoms. The summed E-state index contributed by atoms with van der Waals surface area (Å²) in [7, 11) is 1.53. The van der Waals surface area contributed by atoms with Gasteiger partial charge < -0.3 is 19.1 Å². The number of rotatable bonds is 9. The van der Waals surface area contributed by atoms with Gasteiger partial charge >= 0.3 is 5.97 Å². The van der Waals surface area contributed by atoms with Crippen LogP contribution in [0.1, 0.15) is 41.8 Å². The summed E-state index contributed by atoms with van der Waals surface area (Å²) in [6.45, 7) is 3.41. The molecule has 1 atom stereocenters. The lowest BCUT2D eigenvalue weighted by molar-refractivity contribution is -0.139. The third-order valence-corrected chi connectivity index (χ3v) is 9.39. The first-order valence-corrected chi connectivity index (χ1v) is 16.1. The van der Waals surface area contributed by atoms with Gasteiger partial charge in [-0.1, -0.05) is 53.8 Å². The van der Waals surface area contributed by atoms with Crippen molar-refractivity contribution in [2.75, 3.05) is 33.4 Å². The number of methoxy groups -OCH3 is 1. The molecule has 0 unspecified atom stereocenters. The van der Waals surface area contributed by atoms with Crippen LogP contribution in [0.5, 0.6) is 11.5 Å². The molecule has 4 heterocycles. The van der Waals surface area contributed by atoms with Crippen molar-refractivity contribution in [3.8, 4) is 11.5 Å². The fourth-order valence-electron chi connectivity index (χ4n) is 5.40. The van der Waals surface area contributed by atoms with Gasteiger partial charge in [0.05, 0.1) is 29.5 Å². The lowest BCUT2D eigenvalue weighted by atomic mass is 9.97. The normalized spacial score (nSPS) is 16.5. The smallest absolute Gasteiger partial charge is 0.338 e. The first-order valence-electron chi connectivity index (χ1n) is 14.4. The van der Waals surface area contributed by atoms with Crippen molar-refractivity contribution < 1.29 is 23.8 Å². The number of carbonyl (C=O) groups is 2. The molecule has 44 heavy (non-hydrogen) atoms. The maximum Gasteiger partial charge on any atom is 0.338 e. The maximum absolute atomic E-state index is 14.0. The molecule has 9 nitrogen and oxygen atoms in total. The Morgan fingerprint density at radius 3 is 2.55 bits per heavy atom. The van der Waals surface area contributed by atoms with E-state index in [0.717, 1.165) is 36.4 Å². The van der Waals surface area contributed by atoms with Crippen LogP contribution in [0.15, 0.2) is 81.4 Å². The third-order valence-electron chi connectivity index (χ3n) is 7.48. The van der Waals surface area contributed by atoms with E-state index in [1.807, 2.05) is 53.9 Å². The molecule has 2 aliphatic rings. The van der Waals surface area contributed by atoms with Gasteiger partial charge in [0.15, 0.2) is 22.9 Å². The number of benzene rings is 2. The number of thiazole rings is 1. The van der Waals surface area contributed by atoms with Crippen molar-refractivity contribution in [3.63, 3.8) is 0 Å². The van der Waals surface area contributed by atoms with E-state index in [9.17, 15) is 14.4 Å². The third kappa shape index (κ3) is 5.85. The van der Waals surface area contributed by atoms with Crippen LogP contribution in [0.25, 0.3) is 11.8 Å². The Labute approximate surface area is 262 Å². The van der Waals surface area contributed by atoms with Crippen LogP contribution < -0.4 is 24.4 Å². The fraction of sp³-hybridized carbons (Fsp3) is 0.273. The number of thiophene rings is 1. The summed E-state index contributed by atoms with van der Waals surface area (Å²) in [6.07, 6.45) is 3.80. The van der Waals surface area contributed by atoms with Crippen molar-refractivity contribution in [2.24, 2.45) is 4.99 Å². The molecule has 0 saturated carbocycles. The van der Waals surface area contributed by atoms with Gasteiger partial charge in [0.1, 0.15) is 6.04 Å². The minimum Gasteiger partial charge on any atom is -0.493 e. The van der Waals surface area contributed by atoms with Crippen molar-refractivity contribution >= 4 is 46.3 Å². The van der Waals surface area contributed by atoms with Gasteiger partial charge in [0, 0.05) is 23.5 Å². The second-order valence-electron chi connectivity index (χ2n) is 10.2. The van der Waals surface area contributed by atoms with E-state index in [4.69, 9.17) is 19.2 Å². The molecule has 226 valence electrons. The number of esters is 1. The number of fused-ring (bicyclic) bond motifs is 1. The van der Waals surface area contributed by atoms with Crippen molar-refractivity contribution in [3.05, 3.63) is 107 Å². The zero-order valence-corrected chi connectivity index (χ0v) is 26.0. The Morgan fingerprint density at radius 2 is 1.84 bits per heavy atom. The van der Waals surface area contributed by atoms with Gasteiger partial charge in [-0.15, -0.1) is 11.3 Å². The molecular formula is C33H31N3O6S2. The minimum absolute atomic E-state index is 0.0490. The van der Waals surface area contributed by atoms with E-state index in [2.05, 4.69) is 0 Å². The number of likely N-dealkylation sites (tertiary alicyclic amines) is 1. The lowest BCUT2D eigenvalue weighted by Gasteiger charge is -2.24. The standard InChI is InChI=1S/C33H31N3O6S2/c1-3-41-32(39)28-29(22-10-5-4-6-11-22)34-33-36(30(28)25-12-9-17-43-25)31(38)26(44-33)19-21-13-14-23(24(18-21)40-2)42-20-27(37)35-15-7-8-16-35/h4-6,9-14,17-19,30H,3,7-8,15-16,20H2,1-2H3/b26-19+/t30-/m0/s1. The van der Waals surface area contributed by atoms with Crippen LogP contribution in [-0.4, -0.2) is 54.8 Å². The fourth-order valence-corrected chi connectivity index (χ4v) is 7.22. The molecule has 11 heteroatoms. The molecule has 0 N–H and O–H groups in total. The lowest BCUT2D eigenvalue weighted by Crippen LogP contribution is -2.39. The summed E-state index contributed by atoms with van der Waals surface area (Å²) in [5, 5.41) is 1.92. The van der Waals surface area contributed by atoms with E-state index >= 15 is 0 Å². The van der Waals surface area contributed by atoms with Crippen LogP contribution in [0.4, 0.5) is 0 Å². The zero-order valence-electron chi connectivity index (χ0n) is 24.4. The van der Waals surface area contributed by atoms with Gasteiger partial charge in [-0.2, -0.15) is 0 Å². The Hall–Kier alpha value is -4.48. The highest BCUT2D eigenvalue weighted by molar-refractivity contribution is 7.10. The number of ether oxygens (including phenoxy) is 3. The summed E-state index contributed by atoms with van der Waals surface area (Å²) in [5.41, 5.74) is 2.02. The molecule has 1 fully saturated rings. The van der Waals surface area contributed by atoms with E-state index < -0.39 is 12.0 Å². The van der Waals surface area contributed by atoms with Gasteiger partial charge in [0.2, 0.25) is 0 Å². The Balaban J connectivity index is 1.41. The maximum atomic E-state index is 14.0. The quantitative estimate of drug-likeness (QED) is 0.260. The molecule has 0 aliphatic carbocycles. The van der Waals surface area contributed by atoms with Crippen LogP contribution in [0.3, 0.4) is 0 Å². The predicted molar refractivity (Wildman–Crippen MR) is 170 cm³/mol. The molecule has 2 aliphatic heterocycles. The average Bonchev–Trinajstić information content (AvgIpc) is 3.83. The van der Waals surface area contributed by atoms with Crippen molar-refractivity contribution in [2.45, 2.75) is 25.8 Å². The molecule has 1 amide bonds. The second kappa shape index (κ2) is 13.0. The Kier molecular flexibility index (Phi) is 8.76. The van der Waals surface area contributed by atoms with E-state index in [1.165, 1.54) is 29.8 Å². The molecular weight excluding hydrogens is 599 g/mol. The highest BCUT2D eigenvalue weighted by Crippen LogP contribution is 2.37. The Morgan fingerprint density at radius 1 is 1.05 bits per heavy atom. The highest BCUT2D eigenvalue weighted by atomic mass is 32.1. The number of hydrogen-bond acceptors (Lipinski definition) is 9. The summed E-state index contributed by atoms with van der Waals surface area (Å²) < 4.78 is 18.9. The van der Waals surface area contributed by atoms with E-state index in [-0.39, 0.29) is 24.7 Å². The Bertz CT molecular complexity index is 1890. The first-order chi connectivity index (χ1) is 21.5. The topological polar surface area (TPSA) is 99.4 Å². The van der Waals surface area contributed by atoms with Gasteiger partial charge in [-0.05, 0) is 55.0 Å².